The minimum absolute atomic E-state index is 0.148. The van der Waals surface area contributed by atoms with Crippen molar-refractivity contribution in [3.8, 4) is 0 Å². The minimum Gasteiger partial charge on any atom is -0.393 e. The smallest absolute Gasteiger partial charge is 0.319 e. The van der Waals surface area contributed by atoms with E-state index in [1.54, 1.807) is 0 Å². The summed E-state index contributed by atoms with van der Waals surface area (Å²) < 4.78 is 39.4. The number of halogens is 3. The first-order valence-corrected chi connectivity index (χ1v) is 6.36. The lowest BCUT2D eigenvalue weighted by Gasteiger charge is -2.26. The maximum atomic E-state index is 13.3. The number of aliphatic hydroxyl groups is 1. The molecule has 0 aliphatic heterocycles. The van der Waals surface area contributed by atoms with Crippen LogP contribution in [-0.4, -0.2) is 23.3 Å². The summed E-state index contributed by atoms with van der Waals surface area (Å²) in [5, 5.41) is 13.9. The molecule has 2 rings (SSSR count). The van der Waals surface area contributed by atoms with Gasteiger partial charge < -0.3 is 15.7 Å². The van der Waals surface area contributed by atoms with Crippen LogP contribution in [0.4, 0.5) is 23.7 Å². The van der Waals surface area contributed by atoms with Gasteiger partial charge in [0.25, 0.3) is 0 Å². The first-order valence-electron chi connectivity index (χ1n) is 6.36. The molecule has 1 saturated carbocycles. The molecule has 0 saturated heterocycles. The highest BCUT2D eigenvalue weighted by Crippen LogP contribution is 2.21. The number of hydrogen-bond donors (Lipinski definition) is 3. The monoisotopic (exact) mass is 288 g/mol. The van der Waals surface area contributed by atoms with Crippen LogP contribution in [0, 0.1) is 17.5 Å². The van der Waals surface area contributed by atoms with Crippen molar-refractivity contribution in [1.82, 2.24) is 5.32 Å². The number of carbonyl (C=O) groups excluding carboxylic acids is 1. The van der Waals surface area contributed by atoms with Gasteiger partial charge in [0.15, 0.2) is 11.6 Å². The van der Waals surface area contributed by atoms with Crippen LogP contribution in [0.3, 0.4) is 0 Å². The number of hydrogen-bond acceptors (Lipinski definition) is 2. The lowest BCUT2D eigenvalue weighted by molar-refractivity contribution is 0.118. The molecule has 1 aromatic rings. The van der Waals surface area contributed by atoms with Crippen LogP contribution in [0.25, 0.3) is 0 Å². The van der Waals surface area contributed by atoms with Crippen LogP contribution < -0.4 is 10.6 Å². The van der Waals surface area contributed by atoms with Crippen LogP contribution in [0.5, 0.6) is 0 Å². The first kappa shape index (κ1) is 14.6. The highest BCUT2D eigenvalue weighted by atomic mass is 19.1. The van der Waals surface area contributed by atoms with E-state index in [0.717, 1.165) is 0 Å². The van der Waals surface area contributed by atoms with Crippen LogP contribution in [0.2, 0.25) is 0 Å². The van der Waals surface area contributed by atoms with E-state index in [0.29, 0.717) is 37.8 Å². The second kappa shape index (κ2) is 6.13. The Morgan fingerprint density at radius 2 is 1.65 bits per heavy atom. The Bertz CT molecular complexity index is 479. The predicted octanol–water partition coefficient (Wildman–Crippen LogP) is 2.53. The molecule has 0 radical (unpaired) electrons. The molecule has 0 atom stereocenters. The molecule has 1 aromatic carbocycles. The van der Waals surface area contributed by atoms with Gasteiger partial charge in [-0.1, -0.05) is 0 Å². The minimum atomic E-state index is -1.17. The SMILES string of the molecule is O=C(Nc1c(F)cc(F)cc1F)NC1CCC(O)CC1. The van der Waals surface area contributed by atoms with E-state index in [2.05, 4.69) is 5.32 Å². The molecular weight excluding hydrogens is 273 g/mol. The van der Waals surface area contributed by atoms with E-state index in [1.165, 1.54) is 0 Å². The lowest BCUT2D eigenvalue weighted by atomic mass is 9.93. The number of rotatable bonds is 2. The average Bonchev–Trinajstić information content (AvgIpc) is 2.36. The van der Waals surface area contributed by atoms with Gasteiger partial charge >= 0.3 is 6.03 Å². The highest BCUT2D eigenvalue weighted by molar-refractivity contribution is 5.89. The summed E-state index contributed by atoms with van der Waals surface area (Å²) in [6, 6.07) is 0.0893. The van der Waals surface area contributed by atoms with Crippen molar-refractivity contribution in [2.45, 2.75) is 37.8 Å². The van der Waals surface area contributed by atoms with E-state index < -0.39 is 29.2 Å². The Kier molecular flexibility index (Phi) is 4.49. The van der Waals surface area contributed by atoms with E-state index in [-0.39, 0.29) is 12.1 Å². The van der Waals surface area contributed by atoms with Crippen molar-refractivity contribution >= 4 is 11.7 Å². The van der Waals surface area contributed by atoms with Gasteiger partial charge in [-0.3, -0.25) is 0 Å². The fourth-order valence-corrected chi connectivity index (χ4v) is 2.22. The maximum absolute atomic E-state index is 13.3. The molecule has 20 heavy (non-hydrogen) atoms. The van der Waals surface area contributed by atoms with Gasteiger partial charge in [0.1, 0.15) is 11.5 Å². The zero-order valence-corrected chi connectivity index (χ0v) is 10.6. The molecule has 0 spiro atoms. The molecule has 3 N–H and O–H groups in total. The fourth-order valence-electron chi connectivity index (χ4n) is 2.22. The zero-order chi connectivity index (χ0) is 14.7. The first-order chi connectivity index (χ1) is 9.45. The molecular formula is C13H15F3N2O2. The Hall–Kier alpha value is -1.76. The van der Waals surface area contributed by atoms with Gasteiger partial charge in [0.2, 0.25) is 0 Å². The van der Waals surface area contributed by atoms with Gasteiger partial charge in [-0.2, -0.15) is 0 Å². The Morgan fingerprint density at radius 3 is 2.20 bits per heavy atom. The summed E-state index contributed by atoms with van der Waals surface area (Å²) in [5.74, 6) is -3.39. The van der Waals surface area contributed by atoms with Gasteiger partial charge in [0, 0.05) is 18.2 Å². The normalized spacial score (nSPS) is 22.4. The van der Waals surface area contributed by atoms with Crippen molar-refractivity contribution in [2.75, 3.05) is 5.32 Å². The highest BCUT2D eigenvalue weighted by Gasteiger charge is 2.22. The van der Waals surface area contributed by atoms with Gasteiger partial charge in [-0.15, -0.1) is 0 Å². The summed E-state index contributed by atoms with van der Waals surface area (Å²) in [6.07, 6.45) is 1.99. The summed E-state index contributed by atoms with van der Waals surface area (Å²) in [6.45, 7) is 0. The molecule has 1 aliphatic rings. The quantitative estimate of drug-likeness (QED) is 0.783. The molecule has 1 aliphatic carbocycles. The topological polar surface area (TPSA) is 61.4 Å². The number of amides is 2. The third-order valence-corrected chi connectivity index (χ3v) is 3.28. The molecule has 7 heteroatoms. The third-order valence-electron chi connectivity index (χ3n) is 3.28. The van der Waals surface area contributed by atoms with E-state index >= 15 is 0 Å². The molecule has 2 amide bonds. The molecule has 4 nitrogen and oxygen atoms in total. The molecule has 0 heterocycles. The van der Waals surface area contributed by atoms with Crippen LogP contribution in [0.1, 0.15) is 25.7 Å². The Balaban J connectivity index is 1.95. The van der Waals surface area contributed by atoms with Gasteiger partial charge in [0.05, 0.1) is 6.10 Å². The second-order valence-corrected chi connectivity index (χ2v) is 4.85. The number of carbonyl (C=O) groups is 1. The van der Waals surface area contributed by atoms with Crippen LogP contribution in [-0.2, 0) is 0 Å². The molecule has 0 unspecified atom stereocenters. The number of nitrogens with one attached hydrogen (secondary N) is 2. The van der Waals surface area contributed by atoms with Crippen molar-refractivity contribution in [1.29, 1.82) is 0 Å². The van der Waals surface area contributed by atoms with Gasteiger partial charge in [-0.25, -0.2) is 18.0 Å². The fraction of sp³-hybridized carbons (Fsp3) is 0.462. The van der Waals surface area contributed by atoms with Crippen LogP contribution >= 0.6 is 0 Å². The number of urea groups is 1. The Labute approximate surface area is 114 Å². The summed E-state index contributed by atoms with van der Waals surface area (Å²) in [4.78, 5) is 11.6. The predicted molar refractivity (Wildman–Crippen MR) is 66.7 cm³/mol. The summed E-state index contributed by atoms with van der Waals surface area (Å²) >= 11 is 0. The van der Waals surface area contributed by atoms with Crippen molar-refractivity contribution in [2.24, 2.45) is 0 Å². The molecule has 1 fully saturated rings. The average molecular weight is 288 g/mol. The Morgan fingerprint density at radius 1 is 1.10 bits per heavy atom. The largest absolute Gasteiger partial charge is 0.393 e. The van der Waals surface area contributed by atoms with Crippen LogP contribution in [0.15, 0.2) is 12.1 Å². The maximum Gasteiger partial charge on any atom is 0.319 e. The number of aliphatic hydroxyl groups excluding tert-OH is 1. The second-order valence-electron chi connectivity index (χ2n) is 4.85. The van der Waals surface area contributed by atoms with Crippen molar-refractivity contribution in [3.05, 3.63) is 29.6 Å². The lowest BCUT2D eigenvalue weighted by Crippen LogP contribution is -2.41. The van der Waals surface area contributed by atoms with Gasteiger partial charge in [-0.05, 0) is 25.7 Å². The molecule has 0 bridgehead atoms. The summed E-state index contributed by atoms with van der Waals surface area (Å²) in [7, 11) is 0. The zero-order valence-electron chi connectivity index (χ0n) is 10.6. The summed E-state index contributed by atoms with van der Waals surface area (Å²) in [5.41, 5.74) is -0.681. The molecule has 110 valence electrons. The van der Waals surface area contributed by atoms with Crippen molar-refractivity contribution in [3.63, 3.8) is 0 Å². The van der Waals surface area contributed by atoms with E-state index in [9.17, 15) is 23.1 Å². The third kappa shape index (κ3) is 3.63. The standard InChI is InChI=1S/C13H15F3N2O2/c14-7-5-10(15)12(11(16)6-7)18-13(20)17-8-1-3-9(19)4-2-8/h5-6,8-9,19H,1-4H2,(H2,17,18,20). The number of benzene rings is 1. The van der Waals surface area contributed by atoms with E-state index in [1.807, 2.05) is 5.32 Å². The van der Waals surface area contributed by atoms with Crippen molar-refractivity contribution < 1.29 is 23.1 Å². The van der Waals surface area contributed by atoms with E-state index in [4.69, 9.17) is 0 Å². The number of anilines is 1. The molecule has 0 aromatic heterocycles.